The van der Waals surface area contributed by atoms with Crippen LogP contribution in [0, 0.1) is 0 Å². The maximum Gasteiger partial charge on any atom is 0.268 e. The van der Waals surface area contributed by atoms with E-state index in [-0.39, 0.29) is 18.6 Å². The minimum absolute atomic E-state index is 0.0649. The molecular formula is C17H23N3O5. The van der Waals surface area contributed by atoms with Gasteiger partial charge in [-0.2, -0.15) is 5.10 Å². The molecule has 1 aromatic rings. The summed E-state index contributed by atoms with van der Waals surface area (Å²) in [4.78, 5) is 22.9. The number of aliphatic hydroxyl groups excluding tert-OH is 1. The Morgan fingerprint density at radius 3 is 2.84 bits per heavy atom. The summed E-state index contributed by atoms with van der Waals surface area (Å²) in [6.45, 7) is 2.56. The molecule has 0 aliphatic carbocycles. The largest absolute Gasteiger partial charge is 0.484 e. The Balaban J connectivity index is 1.69. The molecule has 2 amide bonds. The second kappa shape index (κ2) is 9.75. The molecule has 8 nitrogen and oxygen atoms in total. The predicted octanol–water partition coefficient (Wildman–Crippen LogP) is 0.192. The van der Waals surface area contributed by atoms with Crippen molar-refractivity contribution in [1.29, 1.82) is 0 Å². The number of carbonyl (C=O) groups excluding carboxylic acids is 2. The predicted molar refractivity (Wildman–Crippen MR) is 91.3 cm³/mol. The van der Waals surface area contributed by atoms with Gasteiger partial charge in [0.2, 0.25) is 0 Å². The Bertz CT molecular complexity index is 595. The molecule has 0 spiro atoms. The lowest BCUT2D eigenvalue weighted by atomic mass is 10.2. The fourth-order valence-corrected chi connectivity index (χ4v) is 2.15. The molecule has 1 fully saturated rings. The molecule has 1 aromatic carbocycles. The summed E-state index contributed by atoms with van der Waals surface area (Å²) in [5.41, 5.74) is 2.95. The van der Waals surface area contributed by atoms with E-state index in [0.717, 1.165) is 25.0 Å². The van der Waals surface area contributed by atoms with Crippen molar-refractivity contribution < 1.29 is 24.2 Å². The number of ether oxygens (including phenoxy) is 2. The standard InChI is InChI=1S/C17H23N3O5/c1-12(21)17(23)20-19-9-13-4-6-14(7-5-13)25-11-16(22)18-10-15-3-2-8-24-15/h4-7,9,12,15,21H,2-3,8,10-11H2,1H3,(H,18,22)(H,20,23)/b19-9-/t12-,15-/m0/s1. The molecule has 0 bridgehead atoms. The van der Waals surface area contributed by atoms with Crippen LogP contribution in [0.3, 0.4) is 0 Å². The van der Waals surface area contributed by atoms with Gasteiger partial charge in [-0.05, 0) is 49.6 Å². The quantitative estimate of drug-likeness (QED) is 0.459. The lowest BCUT2D eigenvalue weighted by Crippen LogP contribution is -2.35. The summed E-state index contributed by atoms with van der Waals surface area (Å²) in [6.07, 6.45) is 2.45. The number of nitrogens with zero attached hydrogens (tertiary/aromatic N) is 1. The Morgan fingerprint density at radius 2 is 2.20 bits per heavy atom. The number of benzene rings is 1. The zero-order valence-electron chi connectivity index (χ0n) is 14.1. The van der Waals surface area contributed by atoms with Gasteiger partial charge >= 0.3 is 0 Å². The number of nitrogens with one attached hydrogen (secondary N) is 2. The summed E-state index contributed by atoms with van der Waals surface area (Å²) >= 11 is 0. The van der Waals surface area contributed by atoms with Crippen LogP contribution >= 0.6 is 0 Å². The first-order chi connectivity index (χ1) is 12.0. The van der Waals surface area contributed by atoms with E-state index in [0.29, 0.717) is 12.3 Å². The Labute approximate surface area is 146 Å². The third kappa shape index (κ3) is 6.90. The molecule has 2 rings (SSSR count). The maximum atomic E-state index is 11.7. The van der Waals surface area contributed by atoms with Crippen molar-refractivity contribution in [3.05, 3.63) is 29.8 Å². The highest BCUT2D eigenvalue weighted by Gasteiger charge is 2.16. The fourth-order valence-electron chi connectivity index (χ4n) is 2.15. The highest BCUT2D eigenvalue weighted by atomic mass is 16.5. The zero-order chi connectivity index (χ0) is 18.1. The van der Waals surface area contributed by atoms with Crippen molar-refractivity contribution in [2.75, 3.05) is 19.8 Å². The van der Waals surface area contributed by atoms with E-state index in [1.165, 1.54) is 13.1 Å². The minimum atomic E-state index is -1.11. The Morgan fingerprint density at radius 1 is 1.44 bits per heavy atom. The SMILES string of the molecule is C[C@H](O)C(=O)N/N=C\c1ccc(OCC(=O)NC[C@@H]2CCCO2)cc1. The van der Waals surface area contributed by atoms with Crippen LogP contribution in [0.15, 0.2) is 29.4 Å². The number of aliphatic hydroxyl groups is 1. The normalized spacial score (nSPS) is 18.1. The molecule has 25 heavy (non-hydrogen) atoms. The molecule has 1 aliphatic rings. The zero-order valence-corrected chi connectivity index (χ0v) is 14.1. The van der Waals surface area contributed by atoms with Crippen molar-refractivity contribution in [2.45, 2.75) is 32.0 Å². The van der Waals surface area contributed by atoms with Gasteiger partial charge in [-0.25, -0.2) is 5.43 Å². The van der Waals surface area contributed by atoms with Crippen molar-refractivity contribution >= 4 is 18.0 Å². The molecule has 2 atom stereocenters. The monoisotopic (exact) mass is 349 g/mol. The van der Waals surface area contributed by atoms with Gasteiger partial charge < -0.3 is 19.9 Å². The van der Waals surface area contributed by atoms with Gasteiger partial charge in [0, 0.05) is 13.2 Å². The molecular weight excluding hydrogens is 326 g/mol. The lowest BCUT2D eigenvalue weighted by Gasteiger charge is -2.11. The second-order valence-corrected chi connectivity index (χ2v) is 5.71. The van der Waals surface area contributed by atoms with Crippen LogP contribution < -0.4 is 15.5 Å². The van der Waals surface area contributed by atoms with E-state index < -0.39 is 12.0 Å². The average molecular weight is 349 g/mol. The molecule has 0 radical (unpaired) electrons. The van der Waals surface area contributed by atoms with Crippen molar-refractivity contribution in [2.24, 2.45) is 5.10 Å². The molecule has 8 heteroatoms. The van der Waals surface area contributed by atoms with E-state index in [1.54, 1.807) is 24.3 Å². The summed E-state index contributed by atoms with van der Waals surface area (Å²) in [5.74, 6) is -0.218. The van der Waals surface area contributed by atoms with E-state index in [2.05, 4.69) is 15.8 Å². The summed E-state index contributed by atoms with van der Waals surface area (Å²) in [6, 6.07) is 6.87. The molecule has 136 valence electrons. The van der Waals surface area contributed by atoms with E-state index in [9.17, 15) is 9.59 Å². The average Bonchev–Trinajstić information content (AvgIpc) is 3.12. The highest BCUT2D eigenvalue weighted by Crippen LogP contribution is 2.12. The first-order valence-electron chi connectivity index (χ1n) is 8.17. The Hall–Kier alpha value is -2.45. The van der Waals surface area contributed by atoms with Gasteiger partial charge in [0.1, 0.15) is 11.9 Å². The molecule has 0 unspecified atom stereocenters. The van der Waals surface area contributed by atoms with E-state index in [1.807, 2.05) is 0 Å². The van der Waals surface area contributed by atoms with Crippen LogP contribution in [0.25, 0.3) is 0 Å². The van der Waals surface area contributed by atoms with Gasteiger partial charge in [-0.15, -0.1) is 0 Å². The van der Waals surface area contributed by atoms with Gasteiger partial charge in [-0.1, -0.05) is 0 Å². The van der Waals surface area contributed by atoms with Gasteiger partial charge in [0.05, 0.1) is 12.3 Å². The van der Waals surface area contributed by atoms with Crippen LogP contribution in [-0.4, -0.2) is 55.1 Å². The summed E-state index contributed by atoms with van der Waals surface area (Å²) in [5, 5.41) is 15.5. The van der Waals surface area contributed by atoms with Gasteiger partial charge in [-0.3, -0.25) is 9.59 Å². The molecule has 0 saturated carbocycles. The first kappa shape index (κ1) is 18.9. The number of rotatable bonds is 8. The fraction of sp³-hybridized carbons (Fsp3) is 0.471. The molecule has 0 aromatic heterocycles. The van der Waals surface area contributed by atoms with Crippen LogP contribution in [0.4, 0.5) is 0 Å². The number of amides is 2. The highest BCUT2D eigenvalue weighted by molar-refractivity contribution is 5.84. The van der Waals surface area contributed by atoms with Crippen LogP contribution in [-0.2, 0) is 14.3 Å². The number of hydrogen-bond donors (Lipinski definition) is 3. The van der Waals surface area contributed by atoms with Gasteiger partial charge in [0.25, 0.3) is 11.8 Å². The second-order valence-electron chi connectivity index (χ2n) is 5.71. The molecule has 3 N–H and O–H groups in total. The van der Waals surface area contributed by atoms with Crippen molar-refractivity contribution in [1.82, 2.24) is 10.7 Å². The first-order valence-corrected chi connectivity index (χ1v) is 8.17. The number of hydrazone groups is 1. The van der Waals surface area contributed by atoms with Crippen molar-refractivity contribution in [3.63, 3.8) is 0 Å². The van der Waals surface area contributed by atoms with E-state index >= 15 is 0 Å². The molecule has 1 aliphatic heterocycles. The smallest absolute Gasteiger partial charge is 0.268 e. The Kier molecular flexibility index (Phi) is 7.36. The molecule has 1 saturated heterocycles. The maximum absolute atomic E-state index is 11.7. The number of carbonyl (C=O) groups is 2. The number of hydrogen-bond acceptors (Lipinski definition) is 6. The van der Waals surface area contributed by atoms with Crippen LogP contribution in [0.1, 0.15) is 25.3 Å². The summed E-state index contributed by atoms with van der Waals surface area (Å²) < 4.78 is 10.8. The minimum Gasteiger partial charge on any atom is -0.484 e. The van der Waals surface area contributed by atoms with Gasteiger partial charge in [0.15, 0.2) is 6.61 Å². The summed E-state index contributed by atoms with van der Waals surface area (Å²) in [7, 11) is 0. The van der Waals surface area contributed by atoms with Crippen LogP contribution in [0.5, 0.6) is 5.75 Å². The third-order valence-electron chi connectivity index (χ3n) is 3.57. The lowest BCUT2D eigenvalue weighted by molar-refractivity contribution is -0.128. The topological polar surface area (TPSA) is 109 Å². The van der Waals surface area contributed by atoms with Crippen molar-refractivity contribution in [3.8, 4) is 5.75 Å². The third-order valence-corrected chi connectivity index (χ3v) is 3.57. The van der Waals surface area contributed by atoms with Crippen LogP contribution in [0.2, 0.25) is 0 Å². The molecule has 1 heterocycles. The van der Waals surface area contributed by atoms with E-state index in [4.69, 9.17) is 14.6 Å².